The minimum atomic E-state index is 0.0943. The van der Waals surface area contributed by atoms with Gasteiger partial charge in [-0.3, -0.25) is 0 Å². The summed E-state index contributed by atoms with van der Waals surface area (Å²) in [5.74, 6) is 0.560. The Labute approximate surface area is 82.9 Å². The molecule has 3 nitrogen and oxygen atoms in total. The average molecular weight is 201 g/mol. The summed E-state index contributed by atoms with van der Waals surface area (Å²) >= 11 is 5.71. The number of pyridine rings is 1. The zero-order valence-electron chi connectivity index (χ0n) is 7.75. The van der Waals surface area contributed by atoms with E-state index in [1.807, 2.05) is 13.0 Å². The van der Waals surface area contributed by atoms with Crippen molar-refractivity contribution in [2.45, 2.75) is 19.4 Å². The molecule has 0 fully saturated rings. The van der Waals surface area contributed by atoms with Gasteiger partial charge in [0.1, 0.15) is 5.15 Å². The molecule has 1 rings (SSSR count). The van der Waals surface area contributed by atoms with Crippen LogP contribution >= 0.6 is 11.6 Å². The number of aromatic nitrogens is 1. The van der Waals surface area contributed by atoms with Crippen LogP contribution in [0.2, 0.25) is 5.15 Å². The first kappa shape index (κ1) is 10.3. The van der Waals surface area contributed by atoms with Gasteiger partial charge in [-0.1, -0.05) is 17.7 Å². The van der Waals surface area contributed by atoms with Gasteiger partial charge in [0.2, 0.25) is 5.88 Å². The topological polar surface area (TPSA) is 48.1 Å². The number of hydrogen-bond acceptors (Lipinski definition) is 3. The number of ether oxygens (including phenoxy) is 1. The van der Waals surface area contributed by atoms with Crippen LogP contribution in [0.3, 0.4) is 0 Å². The van der Waals surface area contributed by atoms with Crippen LogP contribution in [0.5, 0.6) is 5.88 Å². The van der Waals surface area contributed by atoms with Crippen LogP contribution in [0.25, 0.3) is 0 Å². The lowest BCUT2D eigenvalue weighted by molar-refractivity contribution is 0.391. The van der Waals surface area contributed by atoms with Crippen molar-refractivity contribution in [3.63, 3.8) is 0 Å². The minimum absolute atomic E-state index is 0.0943. The second kappa shape index (κ2) is 4.44. The normalized spacial score (nSPS) is 12.6. The van der Waals surface area contributed by atoms with Gasteiger partial charge in [0.05, 0.1) is 7.11 Å². The molecule has 72 valence electrons. The van der Waals surface area contributed by atoms with Crippen LogP contribution in [0.4, 0.5) is 0 Å². The van der Waals surface area contributed by atoms with Crippen molar-refractivity contribution < 1.29 is 4.74 Å². The first-order chi connectivity index (χ1) is 6.13. The molecular formula is C9H13ClN2O. The molecule has 0 aromatic carbocycles. The van der Waals surface area contributed by atoms with E-state index in [0.29, 0.717) is 11.0 Å². The fourth-order valence-electron chi connectivity index (χ4n) is 1.13. The highest BCUT2D eigenvalue weighted by molar-refractivity contribution is 6.29. The molecule has 0 saturated heterocycles. The Bertz CT molecular complexity index is 289. The minimum Gasteiger partial charge on any atom is -0.481 e. The third-order valence-corrected chi connectivity index (χ3v) is 1.85. The molecule has 0 amide bonds. The molecule has 0 radical (unpaired) electrons. The number of nitrogens with two attached hydrogens (primary N) is 1. The fraction of sp³-hybridized carbons (Fsp3) is 0.444. The summed E-state index contributed by atoms with van der Waals surface area (Å²) < 4.78 is 5.08. The molecule has 1 heterocycles. The summed E-state index contributed by atoms with van der Waals surface area (Å²) in [6.07, 6.45) is 0.743. The van der Waals surface area contributed by atoms with Crippen molar-refractivity contribution >= 4 is 11.6 Å². The van der Waals surface area contributed by atoms with Crippen LogP contribution in [-0.4, -0.2) is 18.1 Å². The zero-order valence-corrected chi connectivity index (χ0v) is 8.51. The Balaban J connectivity index is 2.92. The maximum atomic E-state index is 5.71. The van der Waals surface area contributed by atoms with E-state index in [1.165, 1.54) is 0 Å². The molecule has 0 aliphatic rings. The molecule has 2 N–H and O–H groups in total. The van der Waals surface area contributed by atoms with Gasteiger partial charge in [-0.25, -0.2) is 4.98 Å². The van der Waals surface area contributed by atoms with Crippen LogP contribution < -0.4 is 10.5 Å². The SMILES string of the molecule is COc1nc(Cl)ccc1C[C@H](C)N. The molecule has 0 spiro atoms. The van der Waals surface area contributed by atoms with Gasteiger partial charge in [-0.05, 0) is 19.4 Å². The molecule has 1 aromatic heterocycles. The van der Waals surface area contributed by atoms with E-state index in [4.69, 9.17) is 22.1 Å². The van der Waals surface area contributed by atoms with E-state index in [1.54, 1.807) is 13.2 Å². The molecule has 1 atom stereocenters. The Morgan fingerprint density at radius 2 is 2.31 bits per heavy atom. The van der Waals surface area contributed by atoms with E-state index in [9.17, 15) is 0 Å². The highest BCUT2D eigenvalue weighted by Gasteiger charge is 2.06. The van der Waals surface area contributed by atoms with E-state index in [0.717, 1.165) is 12.0 Å². The number of halogens is 1. The standard InChI is InChI=1S/C9H13ClN2O/c1-6(11)5-7-3-4-8(10)12-9(7)13-2/h3-4,6H,5,11H2,1-2H3/t6-/m0/s1. The Morgan fingerprint density at radius 3 is 2.85 bits per heavy atom. The summed E-state index contributed by atoms with van der Waals surface area (Å²) in [4.78, 5) is 4.03. The molecule has 4 heteroatoms. The predicted octanol–water partition coefficient (Wildman–Crippen LogP) is 1.63. The molecule has 13 heavy (non-hydrogen) atoms. The highest BCUT2D eigenvalue weighted by Crippen LogP contribution is 2.19. The third kappa shape index (κ3) is 2.86. The molecule has 0 unspecified atom stereocenters. The summed E-state index contributed by atoms with van der Waals surface area (Å²) in [6, 6.07) is 3.72. The largest absolute Gasteiger partial charge is 0.481 e. The van der Waals surface area contributed by atoms with Gasteiger partial charge in [0, 0.05) is 11.6 Å². The summed E-state index contributed by atoms with van der Waals surface area (Å²) in [5.41, 5.74) is 6.66. The number of methoxy groups -OCH3 is 1. The molecule has 0 aliphatic heterocycles. The first-order valence-electron chi connectivity index (χ1n) is 4.08. The number of rotatable bonds is 3. The lowest BCUT2D eigenvalue weighted by Gasteiger charge is -2.09. The maximum absolute atomic E-state index is 5.71. The highest BCUT2D eigenvalue weighted by atomic mass is 35.5. The van der Waals surface area contributed by atoms with Crippen molar-refractivity contribution in [1.82, 2.24) is 4.98 Å². The van der Waals surface area contributed by atoms with Gasteiger partial charge in [-0.15, -0.1) is 0 Å². The lowest BCUT2D eigenvalue weighted by atomic mass is 10.1. The van der Waals surface area contributed by atoms with Crippen LogP contribution in [0.1, 0.15) is 12.5 Å². The van der Waals surface area contributed by atoms with E-state index >= 15 is 0 Å². The fourth-order valence-corrected chi connectivity index (χ4v) is 1.27. The maximum Gasteiger partial charge on any atom is 0.217 e. The van der Waals surface area contributed by atoms with Crippen molar-refractivity contribution in [3.8, 4) is 5.88 Å². The van der Waals surface area contributed by atoms with Crippen molar-refractivity contribution in [1.29, 1.82) is 0 Å². The third-order valence-electron chi connectivity index (χ3n) is 1.64. The van der Waals surface area contributed by atoms with Crippen LogP contribution in [-0.2, 0) is 6.42 Å². The quantitative estimate of drug-likeness (QED) is 0.755. The van der Waals surface area contributed by atoms with Crippen LogP contribution in [0.15, 0.2) is 12.1 Å². The lowest BCUT2D eigenvalue weighted by Crippen LogP contribution is -2.18. The second-order valence-corrected chi connectivity index (χ2v) is 3.37. The predicted molar refractivity (Wildman–Crippen MR) is 53.2 cm³/mol. The van der Waals surface area contributed by atoms with Gasteiger partial charge >= 0.3 is 0 Å². The second-order valence-electron chi connectivity index (χ2n) is 2.98. The zero-order chi connectivity index (χ0) is 9.84. The molecule has 0 bridgehead atoms. The Morgan fingerprint density at radius 1 is 1.62 bits per heavy atom. The van der Waals surface area contributed by atoms with Crippen LogP contribution in [0, 0.1) is 0 Å². The number of hydrogen-bond donors (Lipinski definition) is 1. The Kier molecular flexibility index (Phi) is 3.51. The Hall–Kier alpha value is -0.800. The van der Waals surface area contributed by atoms with Crippen molar-refractivity contribution in [3.05, 3.63) is 22.8 Å². The smallest absolute Gasteiger partial charge is 0.217 e. The van der Waals surface area contributed by atoms with E-state index in [-0.39, 0.29) is 6.04 Å². The van der Waals surface area contributed by atoms with E-state index < -0.39 is 0 Å². The van der Waals surface area contributed by atoms with E-state index in [2.05, 4.69) is 4.98 Å². The summed E-state index contributed by atoms with van der Waals surface area (Å²) in [6.45, 7) is 1.94. The van der Waals surface area contributed by atoms with Gasteiger partial charge in [0.25, 0.3) is 0 Å². The molecular weight excluding hydrogens is 188 g/mol. The van der Waals surface area contributed by atoms with Crippen molar-refractivity contribution in [2.24, 2.45) is 5.73 Å². The van der Waals surface area contributed by atoms with Crippen molar-refractivity contribution in [2.75, 3.05) is 7.11 Å². The molecule has 1 aromatic rings. The average Bonchev–Trinajstić information content (AvgIpc) is 2.07. The molecule has 0 aliphatic carbocycles. The van der Waals surface area contributed by atoms with Gasteiger partial charge in [0.15, 0.2) is 0 Å². The monoisotopic (exact) mass is 200 g/mol. The number of nitrogens with zero attached hydrogens (tertiary/aromatic N) is 1. The summed E-state index contributed by atoms with van der Waals surface area (Å²) in [5, 5.41) is 0.435. The first-order valence-corrected chi connectivity index (χ1v) is 4.46. The van der Waals surface area contributed by atoms with Gasteiger partial charge < -0.3 is 10.5 Å². The molecule has 0 saturated carbocycles. The summed E-state index contributed by atoms with van der Waals surface area (Å²) in [7, 11) is 1.57. The van der Waals surface area contributed by atoms with Gasteiger partial charge in [-0.2, -0.15) is 0 Å².